The van der Waals surface area contributed by atoms with E-state index in [0.29, 0.717) is 12.2 Å². The molecule has 0 aromatic heterocycles. The van der Waals surface area contributed by atoms with E-state index in [9.17, 15) is 4.79 Å². The molecule has 104 valence electrons. The summed E-state index contributed by atoms with van der Waals surface area (Å²) in [5.74, 6) is 0.263. The Labute approximate surface area is 113 Å². The summed E-state index contributed by atoms with van der Waals surface area (Å²) in [6.45, 7) is 7.79. The third kappa shape index (κ3) is 2.21. The van der Waals surface area contributed by atoms with Gasteiger partial charge in [0.2, 0.25) is 0 Å². The summed E-state index contributed by atoms with van der Waals surface area (Å²) >= 11 is 0. The highest BCUT2D eigenvalue weighted by atomic mass is 16.5. The van der Waals surface area contributed by atoms with Gasteiger partial charge < -0.3 is 15.2 Å². The van der Waals surface area contributed by atoms with E-state index in [2.05, 4.69) is 0 Å². The lowest BCUT2D eigenvalue weighted by Crippen LogP contribution is -2.55. The van der Waals surface area contributed by atoms with Gasteiger partial charge in [0.25, 0.3) is 0 Å². The van der Waals surface area contributed by atoms with Crippen LogP contribution >= 0.6 is 0 Å². The quantitative estimate of drug-likeness (QED) is 0.789. The Bertz CT molecular complexity index is 536. The van der Waals surface area contributed by atoms with Crippen molar-refractivity contribution in [1.82, 2.24) is 0 Å². The third-order valence-corrected chi connectivity index (χ3v) is 3.53. The fraction of sp³-hybridized carbons (Fsp3) is 0.533. The number of carbonyl (C=O) groups excluding carboxylic acids is 1. The van der Waals surface area contributed by atoms with Crippen molar-refractivity contribution in [3.05, 3.63) is 28.8 Å². The van der Waals surface area contributed by atoms with Gasteiger partial charge in [-0.2, -0.15) is 0 Å². The zero-order valence-corrected chi connectivity index (χ0v) is 12.2. The van der Waals surface area contributed by atoms with Gasteiger partial charge in [-0.1, -0.05) is 6.07 Å². The van der Waals surface area contributed by atoms with Crippen LogP contribution in [0.5, 0.6) is 5.75 Å². The summed E-state index contributed by atoms with van der Waals surface area (Å²) in [5.41, 5.74) is 7.53. The van der Waals surface area contributed by atoms with Crippen LogP contribution in [0.1, 0.15) is 37.0 Å². The van der Waals surface area contributed by atoms with Crippen molar-refractivity contribution in [1.29, 1.82) is 0 Å². The average Bonchev–Trinajstić information content (AvgIpc) is 2.24. The highest BCUT2D eigenvalue weighted by Gasteiger charge is 2.49. The largest absolute Gasteiger partial charge is 0.487 e. The topological polar surface area (TPSA) is 61.5 Å². The number of benzene rings is 1. The molecule has 19 heavy (non-hydrogen) atoms. The van der Waals surface area contributed by atoms with Crippen molar-refractivity contribution in [3.63, 3.8) is 0 Å². The van der Waals surface area contributed by atoms with Crippen molar-refractivity contribution in [3.8, 4) is 5.75 Å². The van der Waals surface area contributed by atoms with Crippen LogP contribution in [0.2, 0.25) is 0 Å². The molecule has 0 radical (unpaired) electrons. The fourth-order valence-electron chi connectivity index (χ4n) is 3.03. The Morgan fingerprint density at radius 2 is 2.00 bits per heavy atom. The molecule has 1 aliphatic rings. The zero-order valence-electron chi connectivity index (χ0n) is 12.2. The van der Waals surface area contributed by atoms with Gasteiger partial charge >= 0.3 is 5.97 Å². The van der Waals surface area contributed by atoms with Crippen LogP contribution in [0.4, 0.5) is 0 Å². The lowest BCUT2D eigenvalue weighted by Gasteiger charge is -2.43. The summed E-state index contributed by atoms with van der Waals surface area (Å²) in [5, 5.41) is 0. The number of hydrogen-bond donors (Lipinski definition) is 1. The van der Waals surface area contributed by atoms with E-state index in [4.69, 9.17) is 15.2 Å². The lowest BCUT2D eigenvalue weighted by atomic mass is 9.76. The first-order valence-corrected chi connectivity index (χ1v) is 6.38. The second-order valence-electron chi connectivity index (χ2n) is 5.96. The predicted octanol–water partition coefficient (Wildman–Crippen LogP) is 2.19. The maximum atomic E-state index is 12.2. The Morgan fingerprint density at radius 1 is 1.37 bits per heavy atom. The van der Waals surface area contributed by atoms with E-state index < -0.39 is 17.1 Å². The molecule has 2 N–H and O–H groups in total. The molecule has 0 saturated heterocycles. The first-order valence-electron chi connectivity index (χ1n) is 6.38. The van der Waals surface area contributed by atoms with Crippen molar-refractivity contribution in [2.75, 3.05) is 7.11 Å². The highest BCUT2D eigenvalue weighted by molar-refractivity contribution is 5.84. The molecular formula is C15H21NO3. The summed E-state index contributed by atoms with van der Waals surface area (Å²) in [6, 6.07) is 3.93. The van der Waals surface area contributed by atoms with E-state index in [1.54, 1.807) is 0 Å². The monoisotopic (exact) mass is 263 g/mol. The lowest BCUT2D eigenvalue weighted by molar-refractivity contribution is -0.151. The standard InChI is InChI=1S/C15H21NO3/c1-9-6-10(2)12-11(7-9)19-14(3,4)8-15(12,16)13(17)18-5/h6-7H,8,16H2,1-5H3. The van der Waals surface area contributed by atoms with Crippen molar-refractivity contribution < 1.29 is 14.3 Å². The second-order valence-corrected chi connectivity index (χ2v) is 5.96. The van der Waals surface area contributed by atoms with Crippen LogP contribution in [0.3, 0.4) is 0 Å². The number of esters is 1. The number of nitrogens with two attached hydrogens (primary N) is 1. The zero-order chi connectivity index (χ0) is 14.4. The number of aryl methyl sites for hydroxylation is 2. The Kier molecular flexibility index (Phi) is 3.09. The molecular weight excluding hydrogens is 242 g/mol. The highest BCUT2D eigenvalue weighted by Crippen LogP contribution is 2.44. The minimum atomic E-state index is -1.15. The minimum Gasteiger partial charge on any atom is -0.487 e. The van der Waals surface area contributed by atoms with Gasteiger partial charge in [-0.15, -0.1) is 0 Å². The van der Waals surface area contributed by atoms with Crippen LogP contribution in [-0.2, 0) is 15.1 Å². The van der Waals surface area contributed by atoms with Gasteiger partial charge in [0.1, 0.15) is 16.9 Å². The number of fused-ring (bicyclic) bond motifs is 1. The van der Waals surface area contributed by atoms with Crippen LogP contribution in [0.15, 0.2) is 12.1 Å². The molecule has 1 heterocycles. The molecule has 1 atom stereocenters. The molecule has 0 aliphatic carbocycles. The van der Waals surface area contributed by atoms with E-state index in [1.807, 2.05) is 39.8 Å². The van der Waals surface area contributed by atoms with Crippen LogP contribution in [0, 0.1) is 13.8 Å². The molecule has 0 spiro atoms. The average molecular weight is 263 g/mol. The Hall–Kier alpha value is -1.55. The van der Waals surface area contributed by atoms with E-state index >= 15 is 0 Å². The molecule has 0 saturated carbocycles. The SMILES string of the molecule is COC(=O)C1(N)CC(C)(C)Oc2cc(C)cc(C)c21. The van der Waals surface area contributed by atoms with Gasteiger partial charge in [0.05, 0.1) is 7.11 Å². The van der Waals surface area contributed by atoms with E-state index in [-0.39, 0.29) is 0 Å². The molecule has 4 nitrogen and oxygen atoms in total. The summed E-state index contributed by atoms with van der Waals surface area (Å²) < 4.78 is 10.9. The molecule has 2 rings (SSSR count). The predicted molar refractivity (Wildman–Crippen MR) is 73.1 cm³/mol. The van der Waals surface area contributed by atoms with Crippen LogP contribution in [0.25, 0.3) is 0 Å². The number of rotatable bonds is 1. The number of carbonyl (C=O) groups is 1. The third-order valence-electron chi connectivity index (χ3n) is 3.53. The van der Waals surface area contributed by atoms with E-state index in [1.165, 1.54) is 7.11 Å². The van der Waals surface area contributed by atoms with Gasteiger partial charge in [-0.25, -0.2) is 4.79 Å². The molecule has 0 bridgehead atoms. The summed E-state index contributed by atoms with van der Waals surface area (Å²) in [4.78, 5) is 12.2. The molecule has 1 unspecified atom stereocenters. The number of ether oxygens (including phenoxy) is 2. The maximum Gasteiger partial charge on any atom is 0.330 e. The normalized spacial score (nSPS) is 24.3. The Morgan fingerprint density at radius 3 is 2.58 bits per heavy atom. The van der Waals surface area contributed by atoms with Crippen molar-refractivity contribution in [2.24, 2.45) is 5.73 Å². The number of methoxy groups -OCH3 is 1. The van der Waals surface area contributed by atoms with Crippen LogP contribution in [-0.4, -0.2) is 18.7 Å². The molecule has 0 fully saturated rings. The molecule has 1 aromatic carbocycles. The van der Waals surface area contributed by atoms with Crippen molar-refractivity contribution in [2.45, 2.75) is 45.3 Å². The summed E-state index contributed by atoms with van der Waals surface area (Å²) in [7, 11) is 1.36. The minimum absolute atomic E-state index is 0.392. The van der Waals surface area contributed by atoms with Gasteiger partial charge in [0, 0.05) is 12.0 Å². The number of hydrogen-bond acceptors (Lipinski definition) is 4. The Balaban J connectivity index is 2.70. The first kappa shape index (κ1) is 13.9. The molecule has 1 aliphatic heterocycles. The second kappa shape index (κ2) is 4.23. The first-order chi connectivity index (χ1) is 8.69. The summed E-state index contributed by atoms with van der Waals surface area (Å²) in [6.07, 6.45) is 0.392. The molecule has 0 amide bonds. The maximum absolute atomic E-state index is 12.2. The van der Waals surface area contributed by atoms with Gasteiger partial charge in [-0.3, -0.25) is 0 Å². The smallest absolute Gasteiger partial charge is 0.330 e. The van der Waals surface area contributed by atoms with Gasteiger partial charge in [0.15, 0.2) is 0 Å². The van der Waals surface area contributed by atoms with Crippen molar-refractivity contribution >= 4 is 5.97 Å². The molecule has 4 heteroatoms. The van der Waals surface area contributed by atoms with Gasteiger partial charge in [-0.05, 0) is 44.9 Å². The molecule has 1 aromatic rings. The van der Waals surface area contributed by atoms with Crippen LogP contribution < -0.4 is 10.5 Å². The fourth-order valence-corrected chi connectivity index (χ4v) is 3.03. The van der Waals surface area contributed by atoms with E-state index in [0.717, 1.165) is 16.7 Å².